The fourth-order valence-electron chi connectivity index (χ4n) is 3.69. The van der Waals surface area contributed by atoms with Crippen molar-refractivity contribution in [2.45, 2.75) is 20.4 Å². The lowest BCUT2D eigenvalue weighted by molar-refractivity contribution is -0.137. The van der Waals surface area contributed by atoms with Gasteiger partial charge in [-0.3, -0.25) is 14.5 Å². The van der Waals surface area contributed by atoms with Gasteiger partial charge in [-0.25, -0.2) is 0 Å². The van der Waals surface area contributed by atoms with Crippen LogP contribution in [0.5, 0.6) is 0 Å². The van der Waals surface area contributed by atoms with Gasteiger partial charge in [0.25, 0.3) is 11.8 Å². The molecule has 0 fully saturated rings. The van der Waals surface area contributed by atoms with Crippen molar-refractivity contribution >= 4 is 23.1 Å². The van der Waals surface area contributed by atoms with Gasteiger partial charge in [0, 0.05) is 12.7 Å². The van der Waals surface area contributed by atoms with Crippen LogP contribution in [0.3, 0.4) is 0 Å². The standard InChI is InChI=1S/C24H22N2O3/c1-16-11-12-20(17(2)14-16)21-22(25(3)18-8-5-4-6-9-18)24(28)26(23(21)27)15-19-10-7-13-29-19/h4-14H,15H2,1-3H3. The van der Waals surface area contributed by atoms with Gasteiger partial charge in [0.1, 0.15) is 11.5 Å². The third-order valence-electron chi connectivity index (χ3n) is 5.17. The summed E-state index contributed by atoms with van der Waals surface area (Å²) < 4.78 is 5.37. The Balaban J connectivity index is 1.85. The van der Waals surface area contributed by atoms with E-state index >= 15 is 0 Å². The number of hydrogen-bond donors (Lipinski definition) is 0. The fourth-order valence-corrected chi connectivity index (χ4v) is 3.69. The number of amides is 2. The molecular weight excluding hydrogens is 364 g/mol. The van der Waals surface area contributed by atoms with Gasteiger partial charge < -0.3 is 9.32 Å². The van der Waals surface area contributed by atoms with E-state index in [0.717, 1.165) is 22.4 Å². The number of nitrogens with zero attached hydrogens (tertiary/aromatic N) is 2. The van der Waals surface area contributed by atoms with E-state index in [1.54, 1.807) is 17.0 Å². The van der Waals surface area contributed by atoms with Crippen LogP contribution in [-0.4, -0.2) is 23.8 Å². The van der Waals surface area contributed by atoms with Crippen molar-refractivity contribution in [3.05, 3.63) is 95.1 Å². The summed E-state index contributed by atoms with van der Waals surface area (Å²) >= 11 is 0. The molecule has 2 amide bonds. The molecule has 0 N–H and O–H groups in total. The highest BCUT2D eigenvalue weighted by molar-refractivity contribution is 6.36. The molecule has 4 rings (SSSR count). The fraction of sp³-hybridized carbons (Fsp3) is 0.167. The largest absolute Gasteiger partial charge is 0.467 e. The minimum Gasteiger partial charge on any atom is -0.467 e. The van der Waals surface area contributed by atoms with Crippen molar-refractivity contribution in [3.63, 3.8) is 0 Å². The van der Waals surface area contributed by atoms with Gasteiger partial charge >= 0.3 is 0 Å². The summed E-state index contributed by atoms with van der Waals surface area (Å²) in [5, 5.41) is 0. The maximum absolute atomic E-state index is 13.4. The first-order valence-corrected chi connectivity index (χ1v) is 9.46. The summed E-state index contributed by atoms with van der Waals surface area (Å²) in [6.45, 7) is 4.07. The molecule has 0 saturated heterocycles. The molecule has 0 aliphatic carbocycles. The third-order valence-corrected chi connectivity index (χ3v) is 5.17. The molecule has 2 heterocycles. The highest BCUT2D eigenvalue weighted by atomic mass is 16.3. The molecule has 5 heteroatoms. The van der Waals surface area contributed by atoms with E-state index in [1.165, 1.54) is 11.2 Å². The Morgan fingerprint density at radius 1 is 0.931 bits per heavy atom. The number of carbonyl (C=O) groups excluding carboxylic acids is 2. The number of rotatable bonds is 5. The number of likely N-dealkylation sites (N-methyl/N-ethyl adjacent to an activating group) is 1. The molecule has 0 bridgehead atoms. The number of aryl methyl sites for hydroxylation is 2. The monoisotopic (exact) mass is 386 g/mol. The lowest BCUT2D eigenvalue weighted by atomic mass is 9.97. The quantitative estimate of drug-likeness (QED) is 0.613. The number of furan rings is 1. The van der Waals surface area contributed by atoms with Crippen LogP contribution in [0.1, 0.15) is 22.5 Å². The second-order valence-corrected chi connectivity index (χ2v) is 7.21. The molecular formula is C24H22N2O3. The van der Waals surface area contributed by atoms with E-state index in [-0.39, 0.29) is 18.4 Å². The van der Waals surface area contributed by atoms with Gasteiger partial charge in [-0.1, -0.05) is 42.0 Å². The van der Waals surface area contributed by atoms with Crippen LogP contribution in [0.4, 0.5) is 5.69 Å². The molecule has 0 spiro atoms. The van der Waals surface area contributed by atoms with Crippen LogP contribution < -0.4 is 4.90 Å². The van der Waals surface area contributed by atoms with E-state index in [0.29, 0.717) is 17.0 Å². The molecule has 146 valence electrons. The van der Waals surface area contributed by atoms with Gasteiger partial charge in [0.15, 0.2) is 0 Å². The number of imide groups is 1. The Morgan fingerprint density at radius 2 is 1.69 bits per heavy atom. The van der Waals surface area contributed by atoms with E-state index < -0.39 is 0 Å². The summed E-state index contributed by atoms with van der Waals surface area (Å²) in [5.41, 5.74) is 4.47. The van der Waals surface area contributed by atoms with Crippen molar-refractivity contribution in [1.29, 1.82) is 0 Å². The predicted octanol–water partition coefficient (Wildman–Crippen LogP) is 4.31. The van der Waals surface area contributed by atoms with E-state index in [2.05, 4.69) is 0 Å². The Morgan fingerprint density at radius 3 is 2.34 bits per heavy atom. The van der Waals surface area contributed by atoms with E-state index in [4.69, 9.17) is 4.42 Å². The average molecular weight is 386 g/mol. The van der Waals surface area contributed by atoms with Crippen molar-refractivity contribution in [3.8, 4) is 0 Å². The van der Waals surface area contributed by atoms with Crippen molar-refractivity contribution in [1.82, 2.24) is 4.90 Å². The van der Waals surface area contributed by atoms with Gasteiger partial charge in [-0.05, 0) is 49.2 Å². The van der Waals surface area contributed by atoms with Gasteiger partial charge in [0.2, 0.25) is 0 Å². The zero-order valence-corrected chi connectivity index (χ0v) is 16.7. The summed E-state index contributed by atoms with van der Waals surface area (Å²) in [6, 6.07) is 19.0. The highest BCUT2D eigenvalue weighted by Crippen LogP contribution is 2.35. The predicted molar refractivity (Wildman–Crippen MR) is 112 cm³/mol. The second-order valence-electron chi connectivity index (χ2n) is 7.21. The number of para-hydroxylation sites is 1. The molecule has 0 atom stereocenters. The third kappa shape index (κ3) is 3.36. The lowest BCUT2D eigenvalue weighted by Crippen LogP contribution is -2.33. The minimum atomic E-state index is -0.326. The highest BCUT2D eigenvalue weighted by Gasteiger charge is 2.41. The van der Waals surface area contributed by atoms with Crippen molar-refractivity contribution in [2.75, 3.05) is 11.9 Å². The molecule has 0 unspecified atom stereocenters. The molecule has 29 heavy (non-hydrogen) atoms. The van der Waals surface area contributed by atoms with Crippen molar-refractivity contribution < 1.29 is 14.0 Å². The summed E-state index contributed by atoms with van der Waals surface area (Å²) in [5.74, 6) is -0.0702. The van der Waals surface area contributed by atoms with Crippen LogP contribution in [0, 0.1) is 13.8 Å². The zero-order valence-electron chi connectivity index (χ0n) is 16.7. The molecule has 0 radical (unpaired) electrons. The van der Waals surface area contributed by atoms with Gasteiger partial charge in [0.05, 0.1) is 18.4 Å². The van der Waals surface area contributed by atoms with E-state index in [1.807, 2.05) is 69.4 Å². The molecule has 5 nitrogen and oxygen atoms in total. The van der Waals surface area contributed by atoms with Crippen LogP contribution in [0.25, 0.3) is 5.57 Å². The first kappa shape index (κ1) is 18.7. The Hall–Kier alpha value is -3.60. The summed E-state index contributed by atoms with van der Waals surface area (Å²) in [6.07, 6.45) is 1.54. The molecule has 2 aromatic carbocycles. The first-order valence-electron chi connectivity index (χ1n) is 9.46. The Labute approximate surface area is 169 Å². The Kier molecular flexibility index (Phi) is 4.80. The topological polar surface area (TPSA) is 53.8 Å². The smallest absolute Gasteiger partial charge is 0.278 e. The minimum absolute atomic E-state index is 0.102. The van der Waals surface area contributed by atoms with Crippen LogP contribution in [0.2, 0.25) is 0 Å². The summed E-state index contributed by atoms with van der Waals surface area (Å²) in [4.78, 5) is 29.8. The average Bonchev–Trinajstić information content (AvgIpc) is 3.31. The molecule has 1 aliphatic heterocycles. The maximum atomic E-state index is 13.4. The molecule has 1 aliphatic rings. The van der Waals surface area contributed by atoms with Crippen LogP contribution >= 0.6 is 0 Å². The number of anilines is 1. The van der Waals surface area contributed by atoms with Gasteiger partial charge in [-0.15, -0.1) is 0 Å². The number of hydrogen-bond acceptors (Lipinski definition) is 4. The summed E-state index contributed by atoms with van der Waals surface area (Å²) in [7, 11) is 1.82. The number of carbonyl (C=O) groups is 2. The number of benzene rings is 2. The SMILES string of the molecule is Cc1ccc(C2=C(N(C)c3ccccc3)C(=O)N(Cc3ccco3)C2=O)c(C)c1. The molecule has 1 aromatic heterocycles. The van der Waals surface area contributed by atoms with Crippen LogP contribution in [-0.2, 0) is 16.1 Å². The van der Waals surface area contributed by atoms with Gasteiger partial charge in [-0.2, -0.15) is 0 Å². The Bertz CT molecular complexity index is 1100. The maximum Gasteiger partial charge on any atom is 0.278 e. The lowest BCUT2D eigenvalue weighted by Gasteiger charge is -2.21. The first-order chi connectivity index (χ1) is 14.0. The van der Waals surface area contributed by atoms with Crippen molar-refractivity contribution in [2.24, 2.45) is 0 Å². The zero-order chi connectivity index (χ0) is 20.5. The van der Waals surface area contributed by atoms with Crippen LogP contribution in [0.15, 0.2) is 77.0 Å². The van der Waals surface area contributed by atoms with E-state index in [9.17, 15) is 9.59 Å². The second kappa shape index (κ2) is 7.43. The molecule has 3 aromatic rings. The normalized spacial score (nSPS) is 14.1. The molecule has 0 saturated carbocycles.